The van der Waals surface area contributed by atoms with E-state index in [1.165, 1.54) is 43.4 Å². The smallest absolute Gasteiger partial charge is 0.410 e. The lowest BCUT2D eigenvalue weighted by atomic mass is 9.92. The summed E-state index contributed by atoms with van der Waals surface area (Å²) in [7, 11) is 0. The third-order valence-corrected chi connectivity index (χ3v) is 10.9. The lowest BCUT2D eigenvalue weighted by molar-refractivity contribution is -0.151. The van der Waals surface area contributed by atoms with Gasteiger partial charge in [-0.2, -0.15) is 0 Å². The number of nitrogens with zero attached hydrogens (tertiary/aromatic N) is 3. The Hall–Kier alpha value is -2.92. The number of carbonyl (C=O) groups is 3. The normalized spacial score (nSPS) is 31.3. The predicted octanol–water partition coefficient (Wildman–Crippen LogP) is 6.83. The van der Waals surface area contributed by atoms with E-state index in [0.717, 1.165) is 25.1 Å². The molecule has 4 aliphatic rings. The minimum absolute atomic E-state index is 0.0540. The zero-order valence-corrected chi connectivity index (χ0v) is 30.8. The van der Waals surface area contributed by atoms with Crippen LogP contribution in [-0.4, -0.2) is 114 Å². The highest BCUT2D eigenvalue weighted by Gasteiger charge is 2.32. The van der Waals surface area contributed by atoms with Crippen LogP contribution in [0.3, 0.4) is 0 Å². The molecular weight excluding hydrogens is 641 g/mol. The van der Waals surface area contributed by atoms with Gasteiger partial charge in [-0.3, -0.25) is 9.69 Å². The molecule has 1 saturated carbocycles. The second-order valence-corrected chi connectivity index (χ2v) is 15.1. The van der Waals surface area contributed by atoms with Crippen molar-refractivity contribution in [2.45, 2.75) is 129 Å². The molecular formula is C39H62FN3O7. The van der Waals surface area contributed by atoms with Gasteiger partial charge in [-0.1, -0.05) is 70.8 Å². The molecule has 0 radical (unpaired) electrons. The summed E-state index contributed by atoms with van der Waals surface area (Å²) in [6, 6.07) is 0.227. The van der Waals surface area contributed by atoms with Crippen molar-refractivity contribution in [1.82, 2.24) is 14.7 Å². The molecule has 3 heterocycles. The SMILES string of the molecule is C/C(=C\C=C\[C@@H](C)COC(=O)N1CCC[C@H]1CF)[C@H]1OC(=O)C[C@H](O)CC[C@H](C)[C@@H](OC(=O)N2CCN(C3CCCCCC3)CC2)/C=C/[C@@H]1C. The maximum Gasteiger partial charge on any atom is 0.410 e. The van der Waals surface area contributed by atoms with Crippen molar-refractivity contribution in [3.05, 3.63) is 36.0 Å². The summed E-state index contributed by atoms with van der Waals surface area (Å²) in [5.41, 5.74) is 0.804. The number of halogens is 1. The minimum atomic E-state index is -0.855. The van der Waals surface area contributed by atoms with Crippen LogP contribution in [0.5, 0.6) is 0 Å². The van der Waals surface area contributed by atoms with E-state index in [4.69, 9.17) is 14.2 Å². The zero-order chi connectivity index (χ0) is 36.0. The van der Waals surface area contributed by atoms with Crippen molar-refractivity contribution in [3.8, 4) is 0 Å². The van der Waals surface area contributed by atoms with E-state index in [1.54, 1.807) is 0 Å². The number of amides is 2. The summed E-state index contributed by atoms with van der Waals surface area (Å²) in [6.07, 6.45) is 16.8. The highest BCUT2D eigenvalue weighted by Crippen LogP contribution is 2.27. The van der Waals surface area contributed by atoms with Crippen LogP contribution in [0, 0.1) is 17.8 Å². The molecule has 3 fully saturated rings. The number of piperazine rings is 1. The Balaban J connectivity index is 1.36. The molecule has 3 aliphatic heterocycles. The number of hydrogen-bond donors (Lipinski definition) is 1. The fourth-order valence-corrected chi connectivity index (χ4v) is 7.60. The van der Waals surface area contributed by atoms with Gasteiger partial charge in [0.05, 0.1) is 25.2 Å². The molecule has 0 aromatic carbocycles. The number of aliphatic hydroxyl groups excluding tert-OH is 1. The van der Waals surface area contributed by atoms with Crippen molar-refractivity contribution in [2.75, 3.05) is 46.0 Å². The number of allylic oxidation sites excluding steroid dienone is 2. The average Bonchev–Trinajstić information content (AvgIpc) is 3.43. The fraction of sp³-hybridized carbons (Fsp3) is 0.769. The van der Waals surface area contributed by atoms with E-state index in [9.17, 15) is 23.9 Å². The second-order valence-electron chi connectivity index (χ2n) is 15.1. The van der Waals surface area contributed by atoms with E-state index in [1.807, 2.05) is 63.0 Å². The van der Waals surface area contributed by atoms with Crippen molar-refractivity contribution in [1.29, 1.82) is 0 Å². The predicted molar refractivity (Wildman–Crippen MR) is 191 cm³/mol. The van der Waals surface area contributed by atoms with E-state index in [-0.39, 0.29) is 36.9 Å². The first-order valence-corrected chi connectivity index (χ1v) is 19.2. The van der Waals surface area contributed by atoms with E-state index < -0.39 is 43.1 Å². The molecule has 4 rings (SSSR count). The summed E-state index contributed by atoms with van der Waals surface area (Å²) in [5.74, 6) is -0.842. The number of ether oxygens (including phenoxy) is 3. The molecule has 0 aromatic heterocycles. The molecule has 50 heavy (non-hydrogen) atoms. The minimum Gasteiger partial charge on any atom is -0.457 e. The van der Waals surface area contributed by atoms with Gasteiger partial charge < -0.3 is 29.1 Å². The maximum absolute atomic E-state index is 13.4. The standard InChI is InChI=1S/C39H62FN3O7/c1-28(27-48-39(47)43-20-10-15-33(43)26-40)11-9-12-30(3)37-31(4)17-19-35(29(2)16-18-34(44)25-36(45)50-37)49-38(46)42-23-21-41(22-24-42)32-13-7-5-6-8-14-32/h9,11-12,17,19,28-29,31-35,37,44H,5-8,10,13-16,18,20-27H2,1-4H3/b11-9+,19-17+,30-12+/t28-,29+,31+,33+,34-,35+,37-/m1/s1. The third-order valence-electron chi connectivity index (χ3n) is 10.9. The quantitative estimate of drug-likeness (QED) is 0.0965. The third kappa shape index (κ3) is 12.1. The van der Waals surface area contributed by atoms with Crippen LogP contribution in [0.1, 0.15) is 98.3 Å². The molecule has 282 valence electrons. The van der Waals surface area contributed by atoms with Gasteiger partial charge in [0, 0.05) is 50.6 Å². The largest absolute Gasteiger partial charge is 0.457 e. The van der Waals surface area contributed by atoms with Crippen molar-refractivity contribution >= 4 is 18.2 Å². The topological polar surface area (TPSA) is 109 Å². The first kappa shape index (κ1) is 39.9. The number of cyclic esters (lactones) is 1. The molecule has 2 saturated heterocycles. The van der Waals surface area contributed by atoms with Crippen LogP contribution in [0.25, 0.3) is 0 Å². The molecule has 1 aliphatic carbocycles. The Morgan fingerprint density at radius 1 is 0.980 bits per heavy atom. The lowest BCUT2D eigenvalue weighted by Gasteiger charge is -2.39. The zero-order valence-electron chi connectivity index (χ0n) is 30.8. The molecule has 0 aromatic rings. The van der Waals surface area contributed by atoms with Crippen LogP contribution < -0.4 is 0 Å². The number of esters is 1. The number of likely N-dealkylation sites (tertiary alicyclic amines) is 1. The summed E-state index contributed by atoms with van der Waals surface area (Å²) in [5, 5.41) is 10.7. The Bertz CT molecular complexity index is 1180. The Morgan fingerprint density at radius 2 is 1.70 bits per heavy atom. The van der Waals surface area contributed by atoms with E-state index >= 15 is 0 Å². The Labute approximate surface area is 299 Å². The van der Waals surface area contributed by atoms with Crippen LogP contribution in [0.2, 0.25) is 0 Å². The van der Waals surface area contributed by atoms with Gasteiger partial charge in [0.2, 0.25) is 0 Å². The number of rotatable bonds is 8. The molecule has 11 heteroatoms. The number of aliphatic hydroxyl groups is 1. The molecule has 10 nitrogen and oxygen atoms in total. The molecule has 2 amide bonds. The van der Waals surface area contributed by atoms with E-state index in [0.29, 0.717) is 44.9 Å². The molecule has 7 atom stereocenters. The van der Waals surface area contributed by atoms with Gasteiger partial charge in [0.15, 0.2) is 0 Å². The maximum atomic E-state index is 13.4. The van der Waals surface area contributed by atoms with Crippen molar-refractivity contribution < 1.29 is 38.1 Å². The summed E-state index contributed by atoms with van der Waals surface area (Å²) in [6.45, 7) is 11.0. The number of carbonyl (C=O) groups excluding carboxylic acids is 3. The second kappa shape index (κ2) is 20.2. The van der Waals surface area contributed by atoms with Crippen LogP contribution >= 0.6 is 0 Å². The fourth-order valence-electron chi connectivity index (χ4n) is 7.60. The molecule has 1 N–H and O–H groups in total. The summed E-state index contributed by atoms with van der Waals surface area (Å²) >= 11 is 0. The molecule has 0 spiro atoms. The monoisotopic (exact) mass is 703 g/mol. The Morgan fingerprint density at radius 3 is 2.40 bits per heavy atom. The summed E-state index contributed by atoms with van der Waals surface area (Å²) < 4.78 is 30.7. The Kier molecular flexibility index (Phi) is 16.1. The molecule has 0 unspecified atom stereocenters. The summed E-state index contributed by atoms with van der Waals surface area (Å²) in [4.78, 5) is 44.5. The first-order valence-electron chi connectivity index (χ1n) is 19.2. The van der Waals surface area contributed by atoms with Crippen LogP contribution in [-0.2, 0) is 19.0 Å². The van der Waals surface area contributed by atoms with E-state index in [2.05, 4.69) is 4.90 Å². The van der Waals surface area contributed by atoms with Gasteiger partial charge in [-0.15, -0.1) is 0 Å². The van der Waals surface area contributed by atoms with Gasteiger partial charge in [0.1, 0.15) is 18.9 Å². The number of hydrogen-bond acceptors (Lipinski definition) is 8. The highest BCUT2D eigenvalue weighted by molar-refractivity contribution is 5.70. The van der Waals surface area contributed by atoms with Gasteiger partial charge in [0.25, 0.3) is 0 Å². The first-order chi connectivity index (χ1) is 24.0. The van der Waals surface area contributed by atoms with Crippen molar-refractivity contribution in [3.63, 3.8) is 0 Å². The van der Waals surface area contributed by atoms with Gasteiger partial charge in [-0.25, -0.2) is 14.0 Å². The molecule has 0 bridgehead atoms. The van der Waals surface area contributed by atoms with Crippen LogP contribution in [0.15, 0.2) is 36.0 Å². The van der Waals surface area contributed by atoms with Gasteiger partial charge in [-0.05, 0) is 63.0 Å². The average molecular weight is 704 g/mol. The van der Waals surface area contributed by atoms with Crippen LogP contribution in [0.4, 0.5) is 14.0 Å². The number of alkyl halides is 1. The highest BCUT2D eigenvalue weighted by atomic mass is 19.1. The lowest BCUT2D eigenvalue weighted by Crippen LogP contribution is -2.52. The van der Waals surface area contributed by atoms with Crippen molar-refractivity contribution in [2.24, 2.45) is 17.8 Å². The van der Waals surface area contributed by atoms with Gasteiger partial charge >= 0.3 is 18.2 Å².